The molecule has 1 aromatic rings. The van der Waals surface area contributed by atoms with Crippen molar-refractivity contribution in [2.24, 2.45) is 5.92 Å². The molecule has 0 fully saturated rings. The average molecular weight is 237 g/mol. The molecule has 1 unspecified atom stereocenters. The highest BCUT2D eigenvalue weighted by Crippen LogP contribution is 2.11. The number of hydrogen-bond acceptors (Lipinski definition) is 3. The number of ether oxygens (including phenoxy) is 1. The molecular weight excluding hydrogens is 214 g/mol. The van der Waals surface area contributed by atoms with Gasteiger partial charge < -0.3 is 15.2 Å². The van der Waals surface area contributed by atoms with Crippen LogP contribution in [0, 0.1) is 5.92 Å². The summed E-state index contributed by atoms with van der Waals surface area (Å²) in [5, 5.41) is 12.4. The zero-order chi connectivity index (χ0) is 12.5. The number of rotatable bonds is 8. The van der Waals surface area contributed by atoms with Crippen LogP contribution in [0.1, 0.15) is 18.9 Å². The minimum Gasteiger partial charge on any atom is -0.497 e. The van der Waals surface area contributed by atoms with Gasteiger partial charge in [0.05, 0.1) is 7.11 Å². The van der Waals surface area contributed by atoms with Gasteiger partial charge >= 0.3 is 0 Å². The first-order valence-corrected chi connectivity index (χ1v) is 6.24. The lowest BCUT2D eigenvalue weighted by atomic mass is 10.1. The molecule has 1 atom stereocenters. The third-order valence-corrected chi connectivity index (χ3v) is 3.02. The Morgan fingerprint density at radius 1 is 1.29 bits per heavy atom. The van der Waals surface area contributed by atoms with Crippen molar-refractivity contribution in [3.8, 4) is 5.75 Å². The molecule has 96 valence electrons. The van der Waals surface area contributed by atoms with Crippen LogP contribution in [0.3, 0.4) is 0 Å². The van der Waals surface area contributed by atoms with E-state index in [0.29, 0.717) is 5.92 Å². The van der Waals surface area contributed by atoms with Crippen LogP contribution in [0.2, 0.25) is 0 Å². The monoisotopic (exact) mass is 237 g/mol. The molecule has 17 heavy (non-hydrogen) atoms. The van der Waals surface area contributed by atoms with E-state index in [1.165, 1.54) is 5.56 Å². The van der Waals surface area contributed by atoms with Crippen LogP contribution in [0.25, 0.3) is 0 Å². The van der Waals surface area contributed by atoms with E-state index >= 15 is 0 Å². The molecule has 3 heteroatoms. The Kier molecular flexibility index (Phi) is 6.67. The highest BCUT2D eigenvalue weighted by molar-refractivity contribution is 5.27. The third-order valence-electron chi connectivity index (χ3n) is 3.02. The van der Waals surface area contributed by atoms with Crippen molar-refractivity contribution in [1.29, 1.82) is 0 Å². The maximum atomic E-state index is 9.05. The lowest BCUT2D eigenvalue weighted by Gasteiger charge is -2.12. The van der Waals surface area contributed by atoms with Crippen LogP contribution in [-0.2, 0) is 6.42 Å². The zero-order valence-electron chi connectivity index (χ0n) is 10.8. The zero-order valence-corrected chi connectivity index (χ0v) is 10.8. The van der Waals surface area contributed by atoms with Gasteiger partial charge in [0.2, 0.25) is 0 Å². The molecule has 0 saturated heterocycles. The molecule has 0 radical (unpaired) electrons. The van der Waals surface area contributed by atoms with Crippen molar-refractivity contribution in [2.45, 2.75) is 19.8 Å². The first-order valence-electron chi connectivity index (χ1n) is 6.24. The van der Waals surface area contributed by atoms with Crippen LogP contribution in [0.15, 0.2) is 24.3 Å². The number of benzene rings is 1. The van der Waals surface area contributed by atoms with E-state index in [9.17, 15) is 0 Å². The summed E-state index contributed by atoms with van der Waals surface area (Å²) in [5.41, 5.74) is 1.30. The number of methoxy groups -OCH3 is 1. The summed E-state index contributed by atoms with van der Waals surface area (Å²) in [6, 6.07) is 8.14. The molecule has 3 nitrogen and oxygen atoms in total. The Bertz CT molecular complexity index is 294. The van der Waals surface area contributed by atoms with Crippen LogP contribution in [0.4, 0.5) is 0 Å². The predicted octanol–water partition coefficient (Wildman–Crippen LogP) is 1.85. The smallest absolute Gasteiger partial charge is 0.118 e. The lowest BCUT2D eigenvalue weighted by Crippen LogP contribution is -2.26. The van der Waals surface area contributed by atoms with E-state index in [1.54, 1.807) is 7.11 Å². The Morgan fingerprint density at radius 3 is 2.53 bits per heavy atom. The number of nitrogens with one attached hydrogen (secondary N) is 1. The maximum Gasteiger partial charge on any atom is 0.118 e. The Labute approximate surface area is 104 Å². The first kappa shape index (κ1) is 14.0. The van der Waals surface area contributed by atoms with Crippen molar-refractivity contribution in [3.05, 3.63) is 29.8 Å². The van der Waals surface area contributed by atoms with Gasteiger partial charge in [-0.2, -0.15) is 0 Å². The average Bonchev–Trinajstić information content (AvgIpc) is 2.40. The summed E-state index contributed by atoms with van der Waals surface area (Å²) in [4.78, 5) is 0. The third kappa shape index (κ3) is 5.20. The SMILES string of the molecule is CCC(CO)CNCCc1ccc(OC)cc1. The van der Waals surface area contributed by atoms with Crippen molar-refractivity contribution in [2.75, 3.05) is 26.8 Å². The highest BCUT2D eigenvalue weighted by Gasteiger charge is 2.03. The highest BCUT2D eigenvalue weighted by atomic mass is 16.5. The molecule has 0 aromatic heterocycles. The largest absolute Gasteiger partial charge is 0.497 e. The molecule has 0 aliphatic heterocycles. The van der Waals surface area contributed by atoms with Gasteiger partial charge in [-0.15, -0.1) is 0 Å². The van der Waals surface area contributed by atoms with E-state index in [2.05, 4.69) is 24.4 Å². The van der Waals surface area contributed by atoms with Crippen LogP contribution in [0.5, 0.6) is 5.75 Å². The van der Waals surface area contributed by atoms with Crippen LogP contribution >= 0.6 is 0 Å². The topological polar surface area (TPSA) is 41.5 Å². The van der Waals surface area contributed by atoms with E-state index in [4.69, 9.17) is 9.84 Å². The van der Waals surface area contributed by atoms with Crippen molar-refractivity contribution < 1.29 is 9.84 Å². The molecule has 0 aliphatic carbocycles. The Hall–Kier alpha value is -1.06. The minimum absolute atomic E-state index is 0.270. The molecule has 0 heterocycles. The second-order valence-corrected chi connectivity index (χ2v) is 4.26. The van der Waals surface area contributed by atoms with Gasteiger partial charge in [0.15, 0.2) is 0 Å². The van der Waals surface area contributed by atoms with E-state index < -0.39 is 0 Å². The molecule has 0 bridgehead atoms. The maximum absolute atomic E-state index is 9.05. The lowest BCUT2D eigenvalue weighted by molar-refractivity contribution is 0.219. The summed E-state index contributed by atoms with van der Waals surface area (Å²) in [7, 11) is 1.68. The number of hydrogen-bond donors (Lipinski definition) is 2. The van der Waals surface area contributed by atoms with Gasteiger partial charge in [-0.25, -0.2) is 0 Å². The normalized spacial score (nSPS) is 12.4. The molecule has 0 saturated carbocycles. The summed E-state index contributed by atoms with van der Waals surface area (Å²) in [5.74, 6) is 1.28. The number of aliphatic hydroxyl groups excluding tert-OH is 1. The van der Waals surface area contributed by atoms with Gasteiger partial charge in [-0.1, -0.05) is 19.1 Å². The molecule has 0 spiro atoms. The number of aliphatic hydroxyl groups is 1. The van der Waals surface area contributed by atoms with E-state index in [1.807, 2.05) is 12.1 Å². The Balaban J connectivity index is 2.21. The molecule has 0 amide bonds. The summed E-state index contributed by atoms with van der Waals surface area (Å²) in [6.45, 7) is 4.21. The van der Waals surface area contributed by atoms with Crippen molar-refractivity contribution in [3.63, 3.8) is 0 Å². The molecule has 1 rings (SSSR count). The van der Waals surface area contributed by atoms with Crippen molar-refractivity contribution in [1.82, 2.24) is 5.32 Å². The van der Waals surface area contributed by atoms with E-state index in [0.717, 1.165) is 31.7 Å². The van der Waals surface area contributed by atoms with Gasteiger partial charge in [0.25, 0.3) is 0 Å². The fourth-order valence-corrected chi connectivity index (χ4v) is 1.67. The molecule has 1 aromatic carbocycles. The molecule has 0 aliphatic rings. The second-order valence-electron chi connectivity index (χ2n) is 4.26. The van der Waals surface area contributed by atoms with Gasteiger partial charge in [0.1, 0.15) is 5.75 Å². The van der Waals surface area contributed by atoms with Gasteiger partial charge in [-0.05, 0) is 43.0 Å². The fraction of sp³-hybridized carbons (Fsp3) is 0.571. The molecular formula is C14H23NO2. The Morgan fingerprint density at radius 2 is 2.00 bits per heavy atom. The van der Waals surface area contributed by atoms with Crippen molar-refractivity contribution >= 4 is 0 Å². The summed E-state index contributed by atoms with van der Waals surface area (Å²) < 4.78 is 5.11. The summed E-state index contributed by atoms with van der Waals surface area (Å²) >= 11 is 0. The van der Waals surface area contributed by atoms with Crippen LogP contribution < -0.4 is 10.1 Å². The fourth-order valence-electron chi connectivity index (χ4n) is 1.67. The van der Waals surface area contributed by atoms with E-state index in [-0.39, 0.29) is 6.61 Å². The first-order chi connectivity index (χ1) is 8.30. The second kappa shape index (κ2) is 8.09. The molecule has 2 N–H and O–H groups in total. The quantitative estimate of drug-likeness (QED) is 0.678. The minimum atomic E-state index is 0.270. The predicted molar refractivity (Wildman–Crippen MR) is 70.4 cm³/mol. The van der Waals surface area contributed by atoms with Gasteiger partial charge in [-0.3, -0.25) is 0 Å². The van der Waals surface area contributed by atoms with Gasteiger partial charge in [0, 0.05) is 13.2 Å². The summed E-state index contributed by atoms with van der Waals surface area (Å²) in [6.07, 6.45) is 2.03. The van der Waals surface area contributed by atoms with Crippen LogP contribution in [-0.4, -0.2) is 31.9 Å². The standard InChI is InChI=1S/C14H23NO2/c1-3-12(11-16)10-15-9-8-13-4-6-14(17-2)7-5-13/h4-7,12,15-16H,3,8-11H2,1-2H3.